The number of rotatable bonds is 2. The van der Waals surface area contributed by atoms with Gasteiger partial charge in [-0.3, -0.25) is 5.43 Å². The molecule has 1 aromatic rings. The summed E-state index contributed by atoms with van der Waals surface area (Å²) in [7, 11) is 0. The van der Waals surface area contributed by atoms with Crippen molar-refractivity contribution < 1.29 is 13.9 Å². The molecule has 1 fully saturated rings. The minimum atomic E-state index is -0.388. The Bertz CT molecular complexity index is 414. The summed E-state index contributed by atoms with van der Waals surface area (Å²) in [5, 5.41) is 3.93. The minimum Gasteiger partial charge on any atom is -0.461 e. The largest absolute Gasteiger partial charge is 0.461 e. The Morgan fingerprint density at radius 2 is 2.06 bits per heavy atom. The van der Waals surface area contributed by atoms with E-state index in [1.807, 2.05) is 0 Å². The summed E-state index contributed by atoms with van der Waals surface area (Å²) in [6, 6.07) is 5.74. The first-order valence-corrected chi connectivity index (χ1v) is 5.01. The van der Waals surface area contributed by atoms with Crippen LogP contribution in [0.25, 0.3) is 0 Å². The number of nitrogens with zero attached hydrogens (tertiary/aromatic N) is 1. The van der Waals surface area contributed by atoms with Crippen LogP contribution in [0.4, 0.5) is 10.1 Å². The van der Waals surface area contributed by atoms with Crippen molar-refractivity contribution in [3.05, 3.63) is 30.1 Å². The van der Waals surface area contributed by atoms with Crippen LogP contribution < -0.4 is 5.43 Å². The average Bonchev–Trinajstić information content (AvgIpc) is 2.30. The summed E-state index contributed by atoms with van der Waals surface area (Å²) in [5.74, 6) is -0.698. The third-order valence-corrected chi connectivity index (χ3v) is 2.19. The van der Waals surface area contributed by atoms with Gasteiger partial charge in [-0.25, -0.2) is 9.18 Å². The minimum absolute atomic E-state index is 0.310. The van der Waals surface area contributed by atoms with Gasteiger partial charge in [0.25, 0.3) is 0 Å². The molecule has 0 spiro atoms. The predicted molar refractivity (Wildman–Crippen MR) is 57.7 cm³/mol. The molecule has 0 unspecified atom stereocenters. The van der Waals surface area contributed by atoms with Crippen molar-refractivity contribution in [2.24, 2.45) is 5.10 Å². The molecule has 0 atom stereocenters. The first-order valence-electron chi connectivity index (χ1n) is 5.01. The fraction of sp³-hybridized carbons (Fsp3) is 0.273. The first kappa shape index (κ1) is 10.6. The molecule has 0 aliphatic carbocycles. The van der Waals surface area contributed by atoms with Crippen molar-refractivity contribution in [3.8, 4) is 0 Å². The highest BCUT2D eigenvalue weighted by atomic mass is 19.1. The van der Waals surface area contributed by atoms with Crippen LogP contribution in [0.2, 0.25) is 0 Å². The number of ether oxygens (including phenoxy) is 1. The lowest BCUT2D eigenvalue weighted by Gasteiger charge is -2.12. The number of anilines is 1. The van der Waals surface area contributed by atoms with E-state index < -0.39 is 0 Å². The van der Waals surface area contributed by atoms with Gasteiger partial charge in [0.2, 0.25) is 0 Å². The quantitative estimate of drug-likeness (QED) is 0.614. The van der Waals surface area contributed by atoms with Gasteiger partial charge in [0.15, 0.2) is 0 Å². The van der Waals surface area contributed by atoms with E-state index in [0.717, 1.165) is 6.42 Å². The number of hydrogen-bond acceptors (Lipinski definition) is 4. The number of benzene rings is 1. The Labute approximate surface area is 92.1 Å². The maximum Gasteiger partial charge on any atom is 0.354 e. The van der Waals surface area contributed by atoms with Crippen LogP contribution in [0.15, 0.2) is 29.4 Å². The molecule has 1 aromatic carbocycles. The Hall–Kier alpha value is -1.91. The van der Waals surface area contributed by atoms with Gasteiger partial charge in [0.05, 0.1) is 12.3 Å². The van der Waals surface area contributed by atoms with Crippen molar-refractivity contribution in [2.45, 2.75) is 12.8 Å². The molecule has 1 heterocycles. The van der Waals surface area contributed by atoms with Gasteiger partial charge in [-0.05, 0) is 30.7 Å². The highest BCUT2D eigenvalue weighted by Gasteiger charge is 2.17. The van der Waals surface area contributed by atoms with Gasteiger partial charge in [-0.1, -0.05) is 0 Å². The molecule has 1 aliphatic rings. The molecule has 5 heteroatoms. The smallest absolute Gasteiger partial charge is 0.354 e. The van der Waals surface area contributed by atoms with Gasteiger partial charge in [0.1, 0.15) is 11.5 Å². The molecule has 2 rings (SSSR count). The molecule has 0 radical (unpaired) electrons. The van der Waals surface area contributed by atoms with E-state index in [1.165, 1.54) is 12.1 Å². The van der Waals surface area contributed by atoms with E-state index in [2.05, 4.69) is 10.5 Å². The van der Waals surface area contributed by atoms with Crippen molar-refractivity contribution >= 4 is 17.4 Å². The molecule has 16 heavy (non-hydrogen) atoms. The lowest BCUT2D eigenvalue weighted by molar-refractivity contribution is -0.137. The zero-order chi connectivity index (χ0) is 11.4. The van der Waals surface area contributed by atoms with Crippen LogP contribution in [-0.2, 0) is 9.53 Å². The normalized spacial score (nSPS) is 18.3. The van der Waals surface area contributed by atoms with Crippen molar-refractivity contribution in [1.29, 1.82) is 0 Å². The van der Waals surface area contributed by atoms with Crippen LogP contribution in [0.1, 0.15) is 12.8 Å². The molecule has 1 aliphatic heterocycles. The highest BCUT2D eigenvalue weighted by molar-refractivity contribution is 6.36. The average molecular weight is 222 g/mol. The van der Waals surface area contributed by atoms with Crippen LogP contribution in [0, 0.1) is 5.82 Å². The predicted octanol–water partition coefficient (Wildman–Crippen LogP) is 1.93. The highest BCUT2D eigenvalue weighted by Crippen LogP contribution is 2.10. The summed E-state index contributed by atoms with van der Waals surface area (Å²) >= 11 is 0. The van der Waals surface area contributed by atoms with E-state index in [9.17, 15) is 9.18 Å². The van der Waals surface area contributed by atoms with Crippen molar-refractivity contribution in [3.63, 3.8) is 0 Å². The van der Waals surface area contributed by atoms with Gasteiger partial charge in [0, 0.05) is 6.42 Å². The van der Waals surface area contributed by atoms with Gasteiger partial charge >= 0.3 is 5.97 Å². The standard InChI is InChI=1S/C11H11FN2O2/c12-8-3-5-9(6-4-8)13-14-10-2-1-7-16-11(10)15/h3-6,13H,1-2,7H2/b14-10+. The van der Waals surface area contributed by atoms with E-state index in [1.54, 1.807) is 12.1 Å². The summed E-state index contributed by atoms with van der Waals surface area (Å²) in [6.45, 7) is 0.453. The fourth-order valence-corrected chi connectivity index (χ4v) is 1.35. The second-order valence-corrected chi connectivity index (χ2v) is 3.42. The van der Waals surface area contributed by atoms with Gasteiger partial charge < -0.3 is 4.74 Å². The molecule has 0 bridgehead atoms. The number of halogens is 1. The number of cyclic esters (lactones) is 1. The van der Waals surface area contributed by atoms with E-state index in [0.29, 0.717) is 24.4 Å². The Balaban J connectivity index is 2.02. The SMILES string of the molecule is O=C1OCCC/C1=N\Nc1ccc(F)cc1. The summed E-state index contributed by atoms with van der Waals surface area (Å²) in [4.78, 5) is 11.2. The maximum absolute atomic E-state index is 12.6. The second kappa shape index (κ2) is 4.74. The third-order valence-electron chi connectivity index (χ3n) is 2.19. The van der Waals surface area contributed by atoms with Gasteiger partial charge in [-0.2, -0.15) is 5.10 Å². The number of carbonyl (C=O) groups excluding carboxylic acids is 1. The molecule has 0 saturated carbocycles. The van der Waals surface area contributed by atoms with Crippen LogP contribution in [0.5, 0.6) is 0 Å². The number of esters is 1. The molecule has 1 N–H and O–H groups in total. The second-order valence-electron chi connectivity index (χ2n) is 3.42. The lowest BCUT2D eigenvalue weighted by atomic mass is 10.2. The number of carbonyl (C=O) groups is 1. The zero-order valence-electron chi connectivity index (χ0n) is 8.57. The third kappa shape index (κ3) is 2.56. The lowest BCUT2D eigenvalue weighted by Crippen LogP contribution is -2.24. The monoisotopic (exact) mass is 222 g/mol. The van der Waals surface area contributed by atoms with Crippen LogP contribution >= 0.6 is 0 Å². The number of nitrogens with one attached hydrogen (secondary N) is 1. The van der Waals surface area contributed by atoms with Crippen LogP contribution in [0.3, 0.4) is 0 Å². The first-order chi connectivity index (χ1) is 7.75. The topological polar surface area (TPSA) is 50.7 Å². The molecular weight excluding hydrogens is 211 g/mol. The Morgan fingerprint density at radius 3 is 2.75 bits per heavy atom. The van der Waals surface area contributed by atoms with E-state index >= 15 is 0 Å². The summed E-state index contributed by atoms with van der Waals surface area (Å²) in [6.07, 6.45) is 1.39. The summed E-state index contributed by atoms with van der Waals surface area (Å²) < 4.78 is 17.4. The van der Waals surface area contributed by atoms with Gasteiger partial charge in [-0.15, -0.1) is 0 Å². The molecule has 0 amide bonds. The van der Waals surface area contributed by atoms with Crippen molar-refractivity contribution in [2.75, 3.05) is 12.0 Å². The van der Waals surface area contributed by atoms with Crippen LogP contribution in [-0.4, -0.2) is 18.3 Å². The van der Waals surface area contributed by atoms with E-state index in [4.69, 9.17) is 4.74 Å². The molecular formula is C11H11FN2O2. The zero-order valence-corrected chi connectivity index (χ0v) is 8.57. The number of hydrazone groups is 1. The Kier molecular flexibility index (Phi) is 3.14. The molecule has 4 nitrogen and oxygen atoms in total. The Morgan fingerprint density at radius 1 is 1.31 bits per heavy atom. The van der Waals surface area contributed by atoms with Crippen molar-refractivity contribution in [1.82, 2.24) is 0 Å². The fourth-order valence-electron chi connectivity index (χ4n) is 1.35. The molecule has 84 valence electrons. The summed E-state index contributed by atoms with van der Waals surface area (Å²) in [5.41, 5.74) is 3.70. The van der Waals surface area contributed by atoms with E-state index in [-0.39, 0.29) is 11.8 Å². The molecule has 1 saturated heterocycles. The number of hydrogen-bond donors (Lipinski definition) is 1. The maximum atomic E-state index is 12.6. The molecule has 0 aromatic heterocycles.